The Labute approximate surface area is 224 Å². The SMILES string of the molecule is [C-]#[N+]c1c(C)c(C=CC=CC=C2C(=O)N(c3ccccc3)C(=O)C(C#N)=C2C)c(=O)n(-c2ccccc2)c1O. The minimum absolute atomic E-state index is 0.0348. The predicted molar refractivity (Wildman–Crippen MR) is 148 cm³/mol. The van der Waals surface area contributed by atoms with Gasteiger partial charge in [-0.25, -0.2) is 9.74 Å². The number of nitriles is 1. The summed E-state index contributed by atoms with van der Waals surface area (Å²) in [5.74, 6) is -1.67. The number of allylic oxidation sites excluding steroid dienone is 4. The van der Waals surface area contributed by atoms with Crippen LogP contribution in [0.5, 0.6) is 5.88 Å². The van der Waals surface area contributed by atoms with Crippen LogP contribution in [0.3, 0.4) is 0 Å². The molecular formula is C31H22N4O4. The Balaban J connectivity index is 1.71. The molecular weight excluding hydrogens is 492 g/mol. The Morgan fingerprint density at radius 2 is 1.51 bits per heavy atom. The third-order valence-electron chi connectivity index (χ3n) is 6.25. The number of carbonyl (C=O) groups is 2. The summed E-state index contributed by atoms with van der Waals surface area (Å²) in [6.07, 6.45) is 7.73. The van der Waals surface area contributed by atoms with E-state index in [0.717, 1.165) is 9.47 Å². The fourth-order valence-electron chi connectivity index (χ4n) is 4.21. The van der Waals surface area contributed by atoms with Crippen molar-refractivity contribution in [3.05, 3.63) is 135 Å². The van der Waals surface area contributed by atoms with E-state index in [-0.39, 0.29) is 28.0 Å². The first-order valence-electron chi connectivity index (χ1n) is 11.8. The van der Waals surface area contributed by atoms with E-state index in [4.69, 9.17) is 6.57 Å². The zero-order valence-corrected chi connectivity index (χ0v) is 21.1. The van der Waals surface area contributed by atoms with Gasteiger partial charge < -0.3 is 5.11 Å². The van der Waals surface area contributed by atoms with Gasteiger partial charge in [0.2, 0.25) is 11.6 Å². The number of aromatic nitrogens is 1. The fourth-order valence-corrected chi connectivity index (χ4v) is 4.21. The molecule has 1 aliphatic heterocycles. The highest BCUT2D eigenvalue weighted by Crippen LogP contribution is 2.33. The van der Waals surface area contributed by atoms with Crippen molar-refractivity contribution in [2.75, 3.05) is 4.90 Å². The Hall–Kier alpha value is -5.73. The second-order valence-electron chi connectivity index (χ2n) is 8.52. The molecule has 2 amide bonds. The van der Waals surface area contributed by atoms with Crippen molar-refractivity contribution in [2.24, 2.45) is 0 Å². The number of amides is 2. The van der Waals surface area contributed by atoms with Gasteiger partial charge in [0.1, 0.15) is 11.6 Å². The van der Waals surface area contributed by atoms with Crippen molar-refractivity contribution in [1.82, 2.24) is 4.57 Å². The van der Waals surface area contributed by atoms with Gasteiger partial charge in [-0.15, -0.1) is 0 Å². The molecule has 0 fully saturated rings. The van der Waals surface area contributed by atoms with Crippen LogP contribution in [-0.4, -0.2) is 21.5 Å². The molecule has 190 valence electrons. The smallest absolute Gasteiger partial charge is 0.276 e. The first-order chi connectivity index (χ1) is 18.8. The van der Waals surface area contributed by atoms with Crippen LogP contribution < -0.4 is 10.5 Å². The van der Waals surface area contributed by atoms with Crippen molar-refractivity contribution in [1.29, 1.82) is 5.26 Å². The number of aromatic hydroxyl groups is 1. The number of hydrogen-bond donors (Lipinski definition) is 1. The van der Waals surface area contributed by atoms with Gasteiger partial charge in [0, 0.05) is 11.1 Å². The van der Waals surface area contributed by atoms with Gasteiger partial charge in [0.15, 0.2) is 0 Å². The number of anilines is 1. The largest absolute Gasteiger partial charge is 0.502 e. The summed E-state index contributed by atoms with van der Waals surface area (Å²) < 4.78 is 1.08. The number of hydrogen-bond acceptors (Lipinski definition) is 5. The lowest BCUT2D eigenvalue weighted by molar-refractivity contribution is -0.122. The average molecular weight is 515 g/mol. The van der Waals surface area contributed by atoms with E-state index < -0.39 is 23.3 Å². The second kappa shape index (κ2) is 11.1. The van der Waals surface area contributed by atoms with Gasteiger partial charge in [-0.1, -0.05) is 60.7 Å². The molecule has 3 aromatic rings. The number of para-hydroxylation sites is 2. The normalized spacial score (nSPS) is 14.9. The third-order valence-corrected chi connectivity index (χ3v) is 6.25. The number of carbonyl (C=O) groups excluding carboxylic acids is 2. The van der Waals surface area contributed by atoms with Gasteiger partial charge >= 0.3 is 0 Å². The third kappa shape index (κ3) is 4.83. The summed E-state index contributed by atoms with van der Waals surface area (Å²) >= 11 is 0. The molecule has 0 unspecified atom stereocenters. The zero-order valence-electron chi connectivity index (χ0n) is 21.1. The van der Waals surface area contributed by atoms with E-state index in [9.17, 15) is 24.8 Å². The molecule has 0 spiro atoms. The summed E-state index contributed by atoms with van der Waals surface area (Å²) in [5.41, 5.74) is 1.13. The maximum absolute atomic E-state index is 13.2. The molecule has 0 saturated carbocycles. The molecule has 0 saturated heterocycles. The van der Waals surface area contributed by atoms with Crippen molar-refractivity contribution in [3.8, 4) is 17.6 Å². The van der Waals surface area contributed by atoms with E-state index in [1.807, 2.05) is 6.07 Å². The molecule has 2 heterocycles. The molecule has 1 aliphatic rings. The Morgan fingerprint density at radius 1 is 0.897 bits per heavy atom. The molecule has 1 aromatic heterocycles. The summed E-state index contributed by atoms with van der Waals surface area (Å²) in [5, 5.41) is 20.2. The van der Waals surface area contributed by atoms with Crippen LogP contribution in [0, 0.1) is 24.8 Å². The molecule has 8 nitrogen and oxygen atoms in total. The second-order valence-corrected chi connectivity index (χ2v) is 8.52. The number of rotatable bonds is 5. The van der Waals surface area contributed by atoms with E-state index in [1.165, 1.54) is 12.2 Å². The van der Waals surface area contributed by atoms with E-state index in [0.29, 0.717) is 16.9 Å². The molecule has 39 heavy (non-hydrogen) atoms. The fraction of sp³-hybridized carbons (Fsp3) is 0.0645. The molecule has 4 rings (SSSR count). The standard InChI is InChI=1S/C31H22N4O4/c1-20-24(28(36)34(30(38)26(20)19-32)22-13-7-4-8-14-22)17-11-6-12-18-25-21(2)27(33-3)31(39)35(29(25)37)23-15-9-5-10-16-23/h4-18,39H,1-2H3. The summed E-state index contributed by atoms with van der Waals surface area (Å²) in [6, 6.07) is 18.8. The van der Waals surface area contributed by atoms with Crippen molar-refractivity contribution in [2.45, 2.75) is 13.8 Å². The lowest BCUT2D eigenvalue weighted by Crippen LogP contribution is -2.42. The highest BCUT2D eigenvalue weighted by molar-refractivity contribution is 6.31. The topological polar surface area (TPSA) is 108 Å². The number of nitrogens with zero attached hydrogens (tertiary/aromatic N) is 4. The van der Waals surface area contributed by atoms with Crippen LogP contribution in [0.15, 0.2) is 106 Å². The first kappa shape index (κ1) is 26.3. The van der Waals surface area contributed by atoms with Crippen LogP contribution >= 0.6 is 0 Å². The van der Waals surface area contributed by atoms with Gasteiger partial charge in [-0.05, 0) is 55.3 Å². The molecule has 0 aliphatic carbocycles. The van der Waals surface area contributed by atoms with Gasteiger partial charge in [0.25, 0.3) is 17.4 Å². The predicted octanol–water partition coefficient (Wildman–Crippen LogP) is 5.31. The Bertz CT molecular complexity index is 1750. The van der Waals surface area contributed by atoms with Crippen LogP contribution in [0.4, 0.5) is 11.4 Å². The highest BCUT2D eigenvalue weighted by atomic mass is 16.3. The van der Waals surface area contributed by atoms with E-state index in [1.54, 1.807) is 92.7 Å². The molecule has 0 radical (unpaired) electrons. The molecule has 0 atom stereocenters. The van der Waals surface area contributed by atoms with E-state index in [2.05, 4.69) is 4.85 Å². The maximum Gasteiger partial charge on any atom is 0.276 e. The monoisotopic (exact) mass is 514 g/mol. The molecule has 1 N–H and O–H groups in total. The van der Waals surface area contributed by atoms with Crippen LogP contribution in [-0.2, 0) is 9.59 Å². The minimum atomic E-state index is -0.680. The Morgan fingerprint density at radius 3 is 2.10 bits per heavy atom. The van der Waals surface area contributed by atoms with Crippen LogP contribution in [0.25, 0.3) is 16.6 Å². The van der Waals surface area contributed by atoms with Crippen LogP contribution in [0.2, 0.25) is 0 Å². The summed E-state index contributed by atoms with van der Waals surface area (Å²) in [6.45, 7) is 10.6. The van der Waals surface area contributed by atoms with Crippen molar-refractivity contribution < 1.29 is 14.7 Å². The maximum atomic E-state index is 13.2. The quantitative estimate of drug-likeness (QED) is 0.215. The van der Waals surface area contributed by atoms with Crippen molar-refractivity contribution in [3.63, 3.8) is 0 Å². The first-order valence-corrected chi connectivity index (χ1v) is 11.8. The zero-order chi connectivity index (χ0) is 28.1. The van der Waals surface area contributed by atoms with Gasteiger partial charge in [-0.3, -0.25) is 19.0 Å². The minimum Gasteiger partial charge on any atom is -0.502 e. The molecule has 2 aromatic carbocycles. The average Bonchev–Trinajstić information content (AvgIpc) is 2.93. The molecule has 0 bridgehead atoms. The van der Waals surface area contributed by atoms with Crippen LogP contribution in [0.1, 0.15) is 18.1 Å². The summed E-state index contributed by atoms with van der Waals surface area (Å²) in [7, 11) is 0. The summed E-state index contributed by atoms with van der Waals surface area (Å²) in [4.78, 5) is 43.7. The lowest BCUT2D eigenvalue weighted by atomic mass is 9.94. The lowest BCUT2D eigenvalue weighted by Gasteiger charge is -2.27. The number of benzene rings is 2. The highest BCUT2D eigenvalue weighted by Gasteiger charge is 2.36. The van der Waals surface area contributed by atoms with Gasteiger partial charge in [0.05, 0.1) is 17.9 Å². The number of pyridine rings is 1. The number of imide groups is 1. The van der Waals surface area contributed by atoms with E-state index >= 15 is 0 Å². The van der Waals surface area contributed by atoms with Crippen molar-refractivity contribution >= 4 is 29.3 Å². The Kier molecular flexibility index (Phi) is 7.51. The molecule has 8 heteroatoms. The van der Waals surface area contributed by atoms with Gasteiger partial charge in [-0.2, -0.15) is 5.26 Å².